The van der Waals surface area contributed by atoms with Crippen molar-refractivity contribution in [1.29, 1.82) is 0 Å². The lowest BCUT2D eigenvalue weighted by Crippen LogP contribution is -2.17. The van der Waals surface area contributed by atoms with E-state index >= 15 is 0 Å². The minimum absolute atomic E-state index is 0.0179. The molecule has 2 aromatic rings. The zero-order chi connectivity index (χ0) is 18.7. The minimum Gasteiger partial charge on any atom is -0.471 e. The number of alkyl halides is 3. The molecule has 1 aliphatic heterocycles. The fourth-order valence-corrected chi connectivity index (χ4v) is 2.59. The Morgan fingerprint density at radius 2 is 2.15 bits per heavy atom. The summed E-state index contributed by atoms with van der Waals surface area (Å²) >= 11 is 6.08. The molecule has 9 heteroatoms. The number of rotatable bonds is 4. The van der Waals surface area contributed by atoms with Gasteiger partial charge in [0.15, 0.2) is 0 Å². The molecule has 1 atom stereocenters. The first-order valence-electron chi connectivity index (χ1n) is 7.71. The topological polar surface area (TPSA) is 60.5 Å². The summed E-state index contributed by atoms with van der Waals surface area (Å²) in [6.45, 7) is 1.04. The van der Waals surface area contributed by atoms with Crippen molar-refractivity contribution in [2.45, 2.75) is 18.7 Å². The molecule has 1 aromatic heterocycles. The van der Waals surface area contributed by atoms with E-state index in [2.05, 4.69) is 10.3 Å². The van der Waals surface area contributed by atoms with Crippen LogP contribution in [0, 0.1) is 0 Å². The molecule has 1 fully saturated rings. The SMILES string of the molecule is O=C(Nc1cccc(C(F)(F)F)c1)c1cnc(O[C@@H]2CCOC2)c(Cl)c1. The number of aromatic nitrogens is 1. The van der Waals surface area contributed by atoms with Crippen molar-refractivity contribution in [3.63, 3.8) is 0 Å². The Labute approximate surface area is 152 Å². The summed E-state index contributed by atoms with van der Waals surface area (Å²) in [6.07, 6.45) is -2.67. The van der Waals surface area contributed by atoms with E-state index in [1.54, 1.807) is 0 Å². The lowest BCUT2D eigenvalue weighted by molar-refractivity contribution is -0.137. The zero-order valence-electron chi connectivity index (χ0n) is 13.3. The molecule has 5 nitrogen and oxygen atoms in total. The monoisotopic (exact) mass is 386 g/mol. The van der Waals surface area contributed by atoms with Gasteiger partial charge in [0.1, 0.15) is 11.1 Å². The Bertz CT molecular complexity index is 808. The van der Waals surface area contributed by atoms with Crippen molar-refractivity contribution in [3.8, 4) is 5.88 Å². The number of halogens is 4. The predicted molar refractivity (Wildman–Crippen MR) is 88.5 cm³/mol. The van der Waals surface area contributed by atoms with Crippen LogP contribution >= 0.6 is 11.6 Å². The Balaban J connectivity index is 1.71. The van der Waals surface area contributed by atoms with Gasteiger partial charge in [-0.05, 0) is 24.3 Å². The summed E-state index contributed by atoms with van der Waals surface area (Å²) in [5.41, 5.74) is -0.735. The van der Waals surface area contributed by atoms with Crippen LogP contribution in [-0.4, -0.2) is 30.2 Å². The van der Waals surface area contributed by atoms with E-state index < -0.39 is 17.6 Å². The number of amides is 1. The molecule has 138 valence electrons. The Kier molecular flexibility index (Phi) is 5.33. The van der Waals surface area contributed by atoms with Gasteiger partial charge >= 0.3 is 6.18 Å². The summed E-state index contributed by atoms with van der Waals surface area (Å²) in [5, 5.41) is 2.53. The van der Waals surface area contributed by atoms with Gasteiger partial charge < -0.3 is 14.8 Å². The third kappa shape index (κ3) is 4.44. The predicted octanol–water partition coefficient (Wildman–Crippen LogP) is 4.17. The molecular formula is C17H14ClF3N2O3. The van der Waals surface area contributed by atoms with Gasteiger partial charge in [-0.1, -0.05) is 17.7 Å². The number of nitrogens with one attached hydrogen (secondary N) is 1. The third-order valence-electron chi connectivity index (χ3n) is 3.68. The highest BCUT2D eigenvalue weighted by Crippen LogP contribution is 2.31. The van der Waals surface area contributed by atoms with Crippen LogP contribution in [0.4, 0.5) is 18.9 Å². The van der Waals surface area contributed by atoms with Crippen LogP contribution in [0.1, 0.15) is 22.3 Å². The van der Waals surface area contributed by atoms with E-state index in [1.165, 1.54) is 24.4 Å². The highest BCUT2D eigenvalue weighted by atomic mass is 35.5. The molecular weight excluding hydrogens is 373 g/mol. The van der Waals surface area contributed by atoms with E-state index in [4.69, 9.17) is 21.1 Å². The van der Waals surface area contributed by atoms with Gasteiger partial charge in [0.25, 0.3) is 5.91 Å². The number of ether oxygens (including phenoxy) is 2. The Hall–Kier alpha value is -2.32. The van der Waals surface area contributed by atoms with Gasteiger partial charge in [0.2, 0.25) is 5.88 Å². The summed E-state index contributed by atoms with van der Waals surface area (Å²) in [5.74, 6) is -0.452. The van der Waals surface area contributed by atoms with Crippen LogP contribution in [0.15, 0.2) is 36.5 Å². The molecule has 2 heterocycles. The van der Waals surface area contributed by atoms with E-state index in [1.807, 2.05) is 0 Å². The third-order valence-corrected chi connectivity index (χ3v) is 3.95. The molecule has 1 N–H and O–H groups in total. The molecule has 26 heavy (non-hydrogen) atoms. The first-order chi connectivity index (χ1) is 12.3. The smallest absolute Gasteiger partial charge is 0.416 e. The second-order valence-corrected chi connectivity index (χ2v) is 6.05. The van der Waals surface area contributed by atoms with Crippen LogP contribution < -0.4 is 10.1 Å². The molecule has 0 aliphatic carbocycles. The van der Waals surface area contributed by atoms with Crippen molar-refractivity contribution in [2.75, 3.05) is 18.5 Å². The van der Waals surface area contributed by atoms with Crippen molar-refractivity contribution >= 4 is 23.2 Å². The number of nitrogens with zero attached hydrogens (tertiary/aromatic N) is 1. The molecule has 1 aromatic carbocycles. The van der Waals surface area contributed by atoms with Crippen molar-refractivity contribution in [1.82, 2.24) is 4.98 Å². The fraction of sp³-hybridized carbons (Fsp3) is 0.294. The maximum atomic E-state index is 12.7. The van der Waals surface area contributed by atoms with E-state index in [0.717, 1.165) is 18.6 Å². The van der Waals surface area contributed by atoms with Gasteiger partial charge in [-0.15, -0.1) is 0 Å². The van der Waals surface area contributed by atoms with E-state index in [9.17, 15) is 18.0 Å². The quantitative estimate of drug-likeness (QED) is 0.856. The second kappa shape index (κ2) is 7.51. The van der Waals surface area contributed by atoms with E-state index in [-0.39, 0.29) is 28.3 Å². The molecule has 0 bridgehead atoms. The summed E-state index contributed by atoms with van der Waals surface area (Å²) in [7, 11) is 0. The maximum absolute atomic E-state index is 12.7. The first kappa shape index (κ1) is 18.5. The molecule has 1 amide bonds. The van der Waals surface area contributed by atoms with Crippen LogP contribution in [0.2, 0.25) is 5.02 Å². The first-order valence-corrected chi connectivity index (χ1v) is 8.09. The van der Waals surface area contributed by atoms with Gasteiger partial charge in [-0.25, -0.2) is 4.98 Å². The number of anilines is 1. The van der Waals surface area contributed by atoms with Gasteiger partial charge in [-0.2, -0.15) is 13.2 Å². The number of carbonyl (C=O) groups excluding carboxylic acids is 1. The normalized spacial score (nSPS) is 17.2. The van der Waals surface area contributed by atoms with Gasteiger partial charge in [-0.3, -0.25) is 4.79 Å². The number of benzene rings is 1. The Morgan fingerprint density at radius 3 is 2.81 bits per heavy atom. The van der Waals surface area contributed by atoms with Crippen LogP contribution in [0.3, 0.4) is 0 Å². The average Bonchev–Trinajstić information content (AvgIpc) is 3.09. The summed E-state index contributed by atoms with van der Waals surface area (Å²) < 4.78 is 49.0. The molecule has 0 spiro atoms. The molecule has 0 radical (unpaired) electrons. The number of pyridine rings is 1. The van der Waals surface area contributed by atoms with Crippen molar-refractivity contribution in [2.24, 2.45) is 0 Å². The van der Waals surface area contributed by atoms with Crippen LogP contribution in [0.5, 0.6) is 5.88 Å². The fourth-order valence-electron chi connectivity index (χ4n) is 2.38. The lowest BCUT2D eigenvalue weighted by atomic mass is 10.2. The Morgan fingerprint density at radius 1 is 1.35 bits per heavy atom. The van der Waals surface area contributed by atoms with Gasteiger partial charge in [0.05, 0.1) is 24.3 Å². The lowest BCUT2D eigenvalue weighted by Gasteiger charge is -2.13. The van der Waals surface area contributed by atoms with E-state index in [0.29, 0.717) is 13.2 Å². The highest BCUT2D eigenvalue weighted by Gasteiger charge is 2.30. The molecule has 0 unspecified atom stereocenters. The minimum atomic E-state index is -4.49. The summed E-state index contributed by atoms with van der Waals surface area (Å²) in [4.78, 5) is 16.2. The standard InChI is InChI=1S/C17H14ClF3N2O3/c18-14-6-10(8-22-16(14)26-13-4-5-25-9-13)15(24)23-12-3-1-2-11(7-12)17(19,20)21/h1-3,6-8,13H,4-5,9H2,(H,23,24)/t13-/m1/s1. The van der Waals surface area contributed by atoms with Crippen molar-refractivity contribution in [3.05, 3.63) is 52.7 Å². The average molecular weight is 387 g/mol. The van der Waals surface area contributed by atoms with Crippen LogP contribution in [-0.2, 0) is 10.9 Å². The molecule has 1 saturated heterocycles. The summed E-state index contributed by atoms with van der Waals surface area (Å²) in [6, 6.07) is 5.70. The highest BCUT2D eigenvalue weighted by molar-refractivity contribution is 6.32. The number of hydrogen-bond donors (Lipinski definition) is 1. The number of hydrogen-bond acceptors (Lipinski definition) is 4. The second-order valence-electron chi connectivity index (χ2n) is 5.65. The van der Waals surface area contributed by atoms with Crippen LogP contribution in [0.25, 0.3) is 0 Å². The zero-order valence-corrected chi connectivity index (χ0v) is 14.1. The van der Waals surface area contributed by atoms with Crippen molar-refractivity contribution < 1.29 is 27.4 Å². The number of carbonyl (C=O) groups is 1. The molecule has 3 rings (SSSR count). The maximum Gasteiger partial charge on any atom is 0.416 e. The molecule has 1 aliphatic rings. The molecule has 0 saturated carbocycles. The largest absolute Gasteiger partial charge is 0.471 e. The van der Waals surface area contributed by atoms with Gasteiger partial charge in [0, 0.05) is 18.3 Å².